The van der Waals surface area contributed by atoms with E-state index >= 15 is 0 Å². The molecule has 7 heteroatoms. The predicted molar refractivity (Wildman–Crippen MR) is 71.7 cm³/mol. The molecule has 108 valence electrons. The molecule has 1 heterocycles. The summed E-state index contributed by atoms with van der Waals surface area (Å²) >= 11 is 0. The molecule has 1 aromatic heterocycles. The van der Waals surface area contributed by atoms with Gasteiger partial charge in [-0.2, -0.15) is 0 Å². The van der Waals surface area contributed by atoms with Crippen LogP contribution in [0.1, 0.15) is 24.3 Å². The third-order valence-corrected chi connectivity index (χ3v) is 3.63. The van der Waals surface area contributed by atoms with Crippen molar-refractivity contribution in [3.63, 3.8) is 0 Å². The van der Waals surface area contributed by atoms with Crippen LogP contribution in [0.5, 0.6) is 0 Å². The summed E-state index contributed by atoms with van der Waals surface area (Å²) in [5, 5.41) is 7.79. The highest BCUT2D eigenvalue weighted by Gasteiger charge is 2.14. The molecule has 2 rings (SSSR count). The Morgan fingerprint density at radius 2 is 2.10 bits per heavy atom. The molecular formula is C13H15FN2O3S. The molecule has 0 amide bonds. The van der Waals surface area contributed by atoms with Crippen LogP contribution in [-0.2, 0) is 16.6 Å². The van der Waals surface area contributed by atoms with E-state index in [0.29, 0.717) is 12.3 Å². The van der Waals surface area contributed by atoms with Crippen LogP contribution in [0.2, 0.25) is 0 Å². The van der Waals surface area contributed by atoms with Gasteiger partial charge < -0.3 is 9.73 Å². The molecule has 2 aromatic rings. The Balaban J connectivity index is 2.00. The largest absolute Gasteiger partial charge is 0.447 e. The van der Waals surface area contributed by atoms with Gasteiger partial charge in [-0.15, -0.1) is 0 Å². The van der Waals surface area contributed by atoms with Gasteiger partial charge in [0.1, 0.15) is 11.6 Å². The van der Waals surface area contributed by atoms with Gasteiger partial charge in [0.05, 0.1) is 6.54 Å². The number of hydrogen-bond donors (Lipinski definition) is 2. The quantitative estimate of drug-likeness (QED) is 0.883. The molecule has 0 radical (unpaired) electrons. The SMILES string of the molecule is C[C@@H](NCc1ccc(S(N)(=O)=O)o1)c1cccc(F)c1. The molecule has 0 aliphatic rings. The lowest BCUT2D eigenvalue weighted by atomic mass is 10.1. The van der Waals surface area contributed by atoms with Gasteiger partial charge in [0.25, 0.3) is 10.0 Å². The minimum atomic E-state index is -3.82. The number of benzene rings is 1. The van der Waals surface area contributed by atoms with Crippen molar-refractivity contribution >= 4 is 10.0 Å². The molecule has 0 fully saturated rings. The summed E-state index contributed by atoms with van der Waals surface area (Å²) in [7, 11) is -3.82. The van der Waals surface area contributed by atoms with Gasteiger partial charge in [-0.3, -0.25) is 0 Å². The third kappa shape index (κ3) is 3.66. The summed E-state index contributed by atoms with van der Waals surface area (Å²) in [6.45, 7) is 2.19. The maximum Gasteiger partial charge on any atom is 0.271 e. The number of rotatable bonds is 5. The molecule has 0 unspecified atom stereocenters. The molecule has 20 heavy (non-hydrogen) atoms. The molecule has 1 aromatic carbocycles. The van der Waals surface area contributed by atoms with E-state index in [1.165, 1.54) is 24.3 Å². The number of halogens is 1. The zero-order valence-electron chi connectivity index (χ0n) is 10.8. The van der Waals surface area contributed by atoms with Crippen molar-refractivity contribution in [3.05, 3.63) is 53.5 Å². The van der Waals surface area contributed by atoms with Crippen molar-refractivity contribution in [3.8, 4) is 0 Å². The van der Waals surface area contributed by atoms with E-state index in [0.717, 1.165) is 5.56 Å². The molecule has 0 aliphatic carbocycles. The number of nitrogens with one attached hydrogen (secondary N) is 1. The predicted octanol–water partition coefficient (Wildman–Crippen LogP) is 1.92. The van der Waals surface area contributed by atoms with Crippen LogP contribution in [0.4, 0.5) is 4.39 Å². The Bertz CT molecular complexity index is 697. The van der Waals surface area contributed by atoms with Crippen LogP contribution in [-0.4, -0.2) is 8.42 Å². The van der Waals surface area contributed by atoms with Gasteiger partial charge in [0.2, 0.25) is 5.09 Å². The van der Waals surface area contributed by atoms with Crippen LogP contribution in [0.15, 0.2) is 45.9 Å². The number of furan rings is 1. The second kappa shape index (κ2) is 5.74. The van der Waals surface area contributed by atoms with E-state index in [-0.39, 0.29) is 17.0 Å². The van der Waals surface area contributed by atoms with Crippen LogP contribution < -0.4 is 10.5 Å². The third-order valence-electron chi connectivity index (χ3n) is 2.85. The van der Waals surface area contributed by atoms with Crippen molar-refractivity contribution in [2.24, 2.45) is 5.14 Å². The first kappa shape index (κ1) is 14.7. The monoisotopic (exact) mass is 298 g/mol. The van der Waals surface area contributed by atoms with Crippen LogP contribution >= 0.6 is 0 Å². The summed E-state index contributed by atoms with van der Waals surface area (Å²) in [4.78, 5) is 0. The zero-order chi connectivity index (χ0) is 14.8. The first-order chi connectivity index (χ1) is 9.36. The average Bonchev–Trinajstić information content (AvgIpc) is 2.84. The van der Waals surface area contributed by atoms with Crippen molar-refractivity contribution < 1.29 is 17.2 Å². The Labute approximate surface area is 116 Å². The maximum absolute atomic E-state index is 13.1. The van der Waals surface area contributed by atoms with Gasteiger partial charge in [-0.25, -0.2) is 17.9 Å². The smallest absolute Gasteiger partial charge is 0.271 e. The summed E-state index contributed by atoms with van der Waals surface area (Å²) in [5.41, 5.74) is 0.795. The molecular weight excluding hydrogens is 283 g/mol. The van der Waals surface area contributed by atoms with E-state index in [1.807, 2.05) is 6.92 Å². The second-order valence-corrected chi connectivity index (χ2v) is 5.92. The summed E-state index contributed by atoms with van der Waals surface area (Å²) < 4.78 is 40.3. The van der Waals surface area contributed by atoms with Crippen LogP contribution in [0.3, 0.4) is 0 Å². The minimum absolute atomic E-state index is 0.103. The lowest BCUT2D eigenvalue weighted by Gasteiger charge is -2.13. The number of primary sulfonamides is 1. The summed E-state index contributed by atoms with van der Waals surface area (Å²) in [6, 6.07) is 8.99. The average molecular weight is 298 g/mol. The first-order valence-electron chi connectivity index (χ1n) is 5.96. The molecule has 0 aliphatic heterocycles. The van der Waals surface area contributed by atoms with E-state index in [1.54, 1.807) is 12.1 Å². The van der Waals surface area contributed by atoms with E-state index in [9.17, 15) is 12.8 Å². The van der Waals surface area contributed by atoms with Crippen molar-refractivity contribution in [1.82, 2.24) is 5.32 Å². The lowest BCUT2D eigenvalue weighted by molar-refractivity contribution is 0.393. The molecule has 3 N–H and O–H groups in total. The van der Waals surface area contributed by atoms with Gasteiger partial charge in [-0.05, 0) is 36.8 Å². The number of hydrogen-bond acceptors (Lipinski definition) is 4. The fourth-order valence-corrected chi connectivity index (χ4v) is 2.23. The highest BCUT2D eigenvalue weighted by atomic mass is 32.2. The Morgan fingerprint density at radius 1 is 1.35 bits per heavy atom. The molecule has 0 saturated carbocycles. The van der Waals surface area contributed by atoms with Crippen molar-refractivity contribution in [2.75, 3.05) is 0 Å². The van der Waals surface area contributed by atoms with Crippen molar-refractivity contribution in [1.29, 1.82) is 0 Å². The summed E-state index contributed by atoms with van der Waals surface area (Å²) in [5.74, 6) is 0.142. The van der Waals surface area contributed by atoms with Gasteiger partial charge in [0, 0.05) is 6.04 Å². The fourth-order valence-electron chi connectivity index (χ4n) is 1.75. The Morgan fingerprint density at radius 3 is 2.70 bits per heavy atom. The van der Waals surface area contributed by atoms with Gasteiger partial charge >= 0.3 is 0 Å². The second-order valence-electron chi connectivity index (χ2n) is 4.42. The molecule has 0 saturated heterocycles. The van der Waals surface area contributed by atoms with E-state index in [4.69, 9.17) is 9.56 Å². The van der Waals surface area contributed by atoms with Gasteiger partial charge in [-0.1, -0.05) is 12.1 Å². The fraction of sp³-hybridized carbons (Fsp3) is 0.231. The Hall–Kier alpha value is -1.70. The highest BCUT2D eigenvalue weighted by Crippen LogP contribution is 2.16. The summed E-state index contributed by atoms with van der Waals surface area (Å²) in [6.07, 6.45) is 0. The number of sulfonamides is 1. The molecule has 0 bridgehead atoms. The minimum Gasteiger partial charge on any atom is -0.447 e. The highest BCUT2D eigenvalue weighted by molar-refractivity contribution is 7.89. The zero-order valence-corrected chi connectivity index (χ0v) is 11.7. The lowest BCUT2D eigenvalue weighted by Crippen LogP contribution is -2.18. The topological polar surface area (TPSA) is 85.3 Å². The molecule has 5 nitrogen and oxygen atoms in total. The maximum atomic E-state index is 13.1. The standard InChI is InChI=1S/C13H15FN2O3S/c1-9(10-3-2-4-11(14)7-10)16-8-12-5-6-13(19-12)20(15,17)18/h2-7,9,16H,8H2,1H3,(H2,15,17,18)/t9-/m1/s1. The molecule has 0 spiro atoms. The van der Waals surface area contributed by atoms with Crippen molar-refractivity contribution in [2.45, 2.75) is 24.6 Å². The first-order valence-corrected chi connectivity index (χ1v) is 7.51. The molecule has 1 atom stereocenters. The van der Waals surface area contributed by atoms with Crippen LogP contribution in [0, 0.1) is 5.82 Å². The van der Waals surface area contributed by atoms with E-state index in [2.05, 4.69) is 5.32 Å². The Kier molecular flexibility index (Phi) is 4.22. The van der Waals surface area contributed by atoms with Gasteiger partial charge in [0.15, 0.2) is 0 Å². The normalized spacial score (nSPS) is 13.3. The van der Waals surface area contributed by atoms with E-state index < -0.39 is 10.0 Å². The van der Waals surface area contributed by atoms with Crippen LogP contribution in [0.25, 0.3) is 0 Å². The number of nitrogens with two attached hydrogens (primary N) is 1.